The van der Waals surface area contributed by atoms with E-state index in [0.29, 0.717) is 11.4 Å². The fraction of sp³-hybridized carbons (Fsp3) is 0.350. The molecule has 0 aliphatic carbocycles. The van der Waals surface area contributed by atoms with E-state index < -0.39 is 0 Å². The Labute approximate surface area is 169 Å². The standard InChI is InChI=1S/C20H23N5O2S/c1-26-16-10-11-19(27-2)17(13-16)18-9-6-12-23(18)14-24-20(28)25(22-21-24)15-7-4-3-5-8-15/h3-5,7-8,10-11,13,18H,6,9,12,14H2,1-2H3/t18-/m1/s1. The molecule has 0 amide bonds. The van der Waals surface area contributed by atoms with Gasteiger partial charge in [-0.1, -0.05) is 18.2 Å². The lowest BCUT2D eigenvalue weighted by Crippen LogP contribution is -2.27. The second-order valence-corrected chi connectivity index (χ2v) is 7.09. The Morgan fingerprint density at radius 2 is 1.89 bits per heavy atom. The van der Waals surface area contributed by atoms with Crippen LogP contribution in [-0.4, -0.2) is 45.5 Å². The van der Waals surface area contributed by atoms with Crippen LogP contribution in [0.5, 0.6) is 11.5 Å². The molecule has 28 heavy (non-hydrogen) atoms. The van der Waals surface area contributed by atoms with Crippen molar-refractivity contribution in [1.82, 2.24) is 24.7 Å². The molecular formula is C20H23N5O2S. The van der Waals surface area contributed by atoms with Crippen LogP contribution < -0.4 is 9.47 Å². The summed E-state index contributed by atoms with van der Waals surface area (Å²) in [5, 5.41) is 8.53. The molecule has 4 rings (SSSR count). The van der Waals surface area contributed by atoms with Gasteiger partial charge in [-0.15, -0.1) is 0 Å². The van der Waals surface area contributed by atoms with E-state index in [-0.39, 0.29) is 6.04 Å². The van der Waals surface area contributed by atoms with Gasteiger partial charge in [-0.25, -0.2) is 4.68 Å². The van der Waals surface area contributed by atoms with Gasteiger partial charge in [0.2, 0.25) is 4.77 Å². The topological polar surface area (TPSA) is 57.3 Å². The number of rotatable bonds is 6. The van der Waals surface area contributed by atoms with E-state index in [1.54, 1.807) is 23.6 Å². The molecule has 1 aliphatic heterocycles. The summed E-state index contributed by atoms with van der Waals surface area (Å²) in [4.78, 5) is 2.36. The van der Waals surface area contributed by atoms with Crippen molar-refractivity contribution < 1.29 is 9.47 Å². The third-order valence-corrected chi connectivity index (χ3v) is 5.50. The Balaban J connectivity index is 1.61. The number of nitrogens with zero attached hydrogens (tertiary/aromatic N) is 5. The summed E-state index contributed by atoms with van der Waals surface area (Å²) in [6, 6.07) is 16.0. The second-order valence-electron chi connectivity index (χ2n) is 6.73. The van der Waals surface area contributed by atoms with Gasteiger partial charge in [0.05, 0.1) is 26.6 Å². The molecule has 146 valence electrons. The van der Waals surface area contributed by atoms with Crippen molar-refractivity contribution in [2.45, 2.75) is 25.6 Å². The summed E-state index contributed by atoms with van der Waals surface area (Å²) >= 11 is 5.62. The van der Waals surface area contributed by atoms with E-state index in [4.69, 9.17) is 21.7 Å². The second kappa shape index (κ2) is 8.12. The van der Waals surface area contributed by atoms with E-state index in [1.165, 1.54) is 0 Å². The van der Waals surface area contributed by atoms with Crippen LogP contribution in [0.4, 0.5) is 0 Å². The minimum Gasteiger partial charge on any atom is -0.497 e. The highest BCUT2D eigenvalue weighted by molar-refractivity contribution is 7.71. The van der Waals surface area contributed by atoms with Crippen LogP contribution in [-0.2, 0) is 6.67 Å². The first kappa shape index (κ1) is 18.6. The zero-order chi connectivity index (χ0) is 19.5. The number of aromatic nitrogens is 4. The maximum Gasteiger partial charge on any atom is 0.221 e. The van der Waals surface area contributed by atoms with Gasteiger partial charge in [-0.3, -0.25) is 4.90 Å². The molecule has 0 saturated carbocycles. The lowest BCUT2D eigenvalue weighted by molar-refractivity contribution is 0.185. The molecule has 1 aliphatic rings. The quantitative estimate of drug-likeness (QED) is 0.592. The molecule has 2 heterocycles. The number of para-hydroxylation sites is 1. The molecule has 1 atom stereocenters. The van der Waals surface area contributed by atoms with Crippen LogP contribution >= 0.6 is 12.2 Å². The maximum atomic E-state index is 5.62. The van der Waals surface area contributed by atoms with Crippen molar-refractivity contribution in [3.63, 3.8) is 0 Å². The number of benzene rings is 2. The van der Waals surface area contributed by atoms with Gasteiger partial charge >= 0.3 is 0 Å². The summed E-state index contributed by atoms with van der Waals surface area (Å²) in [7, 11) is 3.38. The third-order valence-electron chi connectivity index (χ3n) is 5.12. The van der Waals surface area contributed by atoms with Crippen molar-refractivity contribution in [2.75, 3.05) is 20.8 Å². The number of likely N-dealkylation sites (tertiary alicyclic amines) is 1. The van der Waals surface area contributed by atoms with Crippen molar-refractivity contribution in [1.29, 1.82) is 0 Å². The van der Waals surface area contributed by atoms with Gasteiger partial charge < -0.3 is 9.47 Å². The Morgan fingerprint density at radius 1 is 1.07 bits per heavy atom. The summed E-state index contributed by atoms with van der Waals surface area (Å²) in [5.74, 6) is 1.70. The van der Waals surface area contributed by atoms with Crippen LogP contribution in [0.3, 0.4) is 0 Å². The molecule has 0 radical (unpaired) electrons. The van der Waals surface area contributed by atoms with Crippen molar-refractivity contribution in [3.8, 4) is 17.2 Å². The van der Waals surface area contributed by atoms with E-state index >= 15 is 0 Å². The molecule has 0 bridgehead atoms. The Bertz CT molecular complexity index is 1000. The SMILES string of the molecule is COc1ccc(OC)c([C@H]2CCCN2Cn2nnn(-c3ccccc3)c2=S)c1. The molecule has 3 aromatic rings. The molecule has 8 heteroatoms. The monoisotopic (exact) mass is 397 g/mol. The molecule has 2 aromatic carbocycles. The smallest absolute Gasteiger partial charge is 0.221 e. The number of tetrazole rings is 1. The number of methoxy groups -OCH3 is 2. The highest BCUT2D eigenvalue weighted by atomic mass is 32.1. The van der Waals surface area contributed by atoms with Gasteiger partial charge in [0.15, 0.2) is 0 Å². The zero-order valence-corrected chi connectivity index (χ0v) is 16.8. The third kappa shape index (κ3) is 3.53. The number of ether oxygens (including phenoxy) is 2. The summed E-state index contributed by atoms with van der Waals surface area (Å²) in [6.07, 6.45) is 2.15. The molecular weight excluding hydrogens is 374 g/mol. The maximum absolute atomic E-state index is 5.62. The lowest BCUT2D eigenvalue weighted by Gasteiger charge is -2.26. The predicted octanol–water partition coefficient (Wildman–Crippen LogP) is 3.61. The van der Waals surface area contributed by atoms with E-state index in [1.807, 2.05) is 42.5 Å². The zero-order valence-electron chi connectivity index (χ0n) is 16.0. The summed E-state index contributed by atoms with van der Waals surface area (Å²) in [5.41, 5.74) is 2.03. The van der Waals surface area contributed by atoms with Gasteiger partial charge in [0.25, 0.3) is 0 Å². The van der Waals surface area contributed by atoms with Gasteiger partial charge in [0.1, 0.15) is 11.5 Å². The van der Waals surface area contributed by atoms with Crippen LogP contribution in [0.1, 0.15) is 24.4 Å². The van der Waals surface area contributed by atoms with E-state index in [0.717, 1.165) is 42.1 Å². The fourth-order valence-corrected chi connectivity index (χ4v) is 3.95. The molecule has 7 nitrogen and oxygen atoms in total. The van der Waals surface area contributed by atoms with E-state index in [9.17, 15) is 0 Å². The first-order valence-electron chi connectivity index (χ1n) is 9.25. The molecule has 0 spiro atoms. The number of hydrogen-bond donors (Lipinski definition) is 0. The van der Waals surface area contributed by atoms with Crippen molar-refractivity contribution >= 4 is 12.2 Å². The van der Waals surface area contributed by atoms with Crippen LogP contribution in [0.15, 0.2) is 48.5 Å². The molecule has 1 aromatic heterocycles. The minimum atomic E-state index is 0.217. The summed E-state index contributed by atoms with van der Waals surface area (Å²) < 4.78 is 15.1. The van der Waals surface area contributed by atoms with Crippen LogP contribution in [0.25, 0.3) is 5.69 Å². The molecule has 1 saturated heterocycles. The van der Waals surface area contributed by atoms with Gasteiger partial charge in [0, 0.05) is 18.2 Å². The van der Waals surface area contributed by atoms with Crippen LogP contribution in [0, 0.1) is 4.77 Å². The minimum absolute atomic E-state index is 0.217. The normalized spacial score (nSPS) is 17.0. The average molecular weight is 398 g/mol. The Kier molecular flexibility index (Phi) is 5.40. The Morgan fingerprint density at radius 3 is 2.64 bits per heavy atom. The summed E-state index contributed by atoms with van der Waals surface area (Å²) in [6.45, 7) is 1.54. The van der Waals surface area contributed by atoms with Gasteiger partial charge in [-0.05, 0) is 65.8 Å². The van der Waals surface area contributed by atoms with Crippen molar-refractivity contribution in [2.24, 2.45) is 0 Å². The average Bonchev–Trinajstić information content (AvgIpc) is 3.35. The van der Waals surface area contributed by atoms with E-state index in [2.05, 4.69) is 21.4 Å². The number of hydrogen-bond acceptors (Lipinski definition) is 6. The largest absolute Gasteiger partial charge is 0.497 e. The molecule has 1 fully saturated rings. The molecule has 0 unspecified atom stereocenters. The van der Waals surface area contributed by atoms with Gasteiger partial charge in [-0.2, -0.15) is 4.68 Å². The highest BCUT2D eigenvalue weighted by Crippen LogP contribution is 2.39. The first-order valence-corrected chi connectivity index (χ1v) is 9.66. The lowest BCUT2D eigenvalue weighted by atomic mass is 10.0. The predicted molar refractivity (Wildman–Crippen MR) is 108 cm³/mol. The highest BCUT2D eigenvalue weighted by Gasteiger charge is 2.29. The molecule has 0 N–H and O–H groups in total. The van der Waals surface area contributed by atoms with Crippen LogP contribution in [0.2, 0.25) is 0 Å². The Hall–Kier alpha value is -2.71. The van der Waals surface area contributed by atoms with Crippen molar-refractivity contribution in [3.05, 3.63) is 58.9 Å². The fourth-order valence-electron chi connectivity index (χ4n) is 3.71. The first-order chi connectivity index (χ1) is 13.7.